The van der Waals surface area contributed by atoms with Gasteiger partial charge in [-0.3, -0.25) is 0 Å². The summed E-state index contributed by atoms with van der Waals surface area (Å²) in [5.74, 6) is 0. The molecule has 0 saturated carbocycles. The first-order chi connectivity index (χ1) is 8.40. The molecular formula is C13H22N2O2S. The summed E-state index contributed by atoms with van der Waals surface area (Å²) < 4.78 is 27.0. The van der Waals surface area contributed by atoms with Gasteiger partial charge in [-0.1, -0.05) is 31.9 Å². The number of nitrogens with two attached hydrogens (primary N) is 1. The average molecular weight is 270 g/mol. The maximum Gasteiger partial charge on any atom is 0.242 e. The van der Waals surface area contributed by atoms with Gasteiger partial charge < -0.3 is 5.73 Å². The second-order valence-corrected chi connectivity index (χ2v) is 6.25. The van der Waals surface area contributed by atoms with Crippen molar-refractivity contribution in [3.8, 4) is 0 Å². The molecule has 0 heterocycles. The number of sulfonamides is 1. The number of anilines is 1. The molecule has 3 N–H and O–H groups in total. The van der Waals surface area contributed by atoms with Gasteiger partial charge >= 0.3 is 0 Å². The zero-order valence-corrected chi connectivity index (χ0v) is 12.1. The van der Waals surface area contributed by atoms with Gasteiger partial charge in [-0.2, -0.15) is 0 Å². The maximum absolute atomic E-state index is 12.2. The van der Waals surface area contributed by atoms with Gasteiger partial charge in [-0.15, -0.1) is 0 Å². The summed E-state index contributed by atoms with van der Waals surface area (Å²) in [6, 6.07) is 3.62. The molecule has 0 aromatic heterocycles. The fraction of sp³-hybridized carbons (Fsp3) is 0.538. The van der Waals surface area contributed by atoms with E-state index in [1.807, 2.05) is 13.0 Å². The molecule has 0 aliphatic heterocycles. The SMILES string of the molecule is CCCCCNS(=O)(=O)c1c(C)ccc(C)c1N. The van der Waals surface area contributed by atoms with Crippen LogP contribution in [0, 0.1) is 13.8 Å². The summed E-state index contributed by atoms with van der Waals surface area (Å²) in [5.41, 5.74) is 7.69. The highest BCUT2D eigenvalue weighted by Crippen LogP contribution is 2.25. The Kier molecular flexibility index (Phi) is 5.16. The van der Waals surface area contributed by atoms with E-state index in [1.165, 1.54) is 0 Å². The van der Waals surface area contributed by atoms with Crippen LogP contribution >= 0.6 is 0 Å². The van der Waals surface area contributed by atoms with Crippen molar-refractivity contribution in [2.75, 3.05) is 12.3 Å². The largest absolute Gasteiger partial charge is 0.397 e. The van der Waals surface area contributed by atoms with Crippen molar-refractivity contribution in [1.29, 1.82) is 0 Å². The Labute approximate surface area is 110 Å². The lowest BCUT2D eigenvalue weighted by Crippen LogP contribution is -2.26. The average Bonchev–Trinajstić information content (AvgIpc) is 2.30. The minimum Gasteiger partial charge on any atom is -0.397 e. The fourth-order valence-corrected chi connectivity index (χ4v) is 3.32. The first-order valence-corrected chi connectivity index (χ1v) is 7.73. The Morgan fingerprint density at radius 1 is 1.17 bits per heavy atom. The number of benzene rings is 1. The van der Waals surface area contributed by atoms with E-state index >= 15 is 0 Å². The molecular weight excluding hydrogens is 248 g/mol. The van der Waals surface area contributed by atoms with Crippen LogP contribution in [0.5, 0.6) is 0 Å². The smallest absolute Gasteiger partial charge is 0.242 e. The Morgan fingerprint density at radius 2 is 1.78 bits per heavy atom. The van der Waals surface area contributed by atoms with Crippen molar-refractivity contribution in [2.45, 2.75) is 44.9 Å². The highest BCUT2D eigenvalue weighted by atomic mass is 32.2. The standard InChI is InChI=1S/C13H22N2O2S/c1-4-5-6-9-15-18(16,17)13-11(3)8-7-10(2)12(13)14/h7-8,15H,4-6,9,14H2,1-3H3. The highest BCUT2D eigenvalue weighted by molar-refractivity contribution is 7.89. The van der Waals surface area contributed by atoms with Gasteiger partial charge in [0.05, 0.1) is 5.69 Å². The summed E-state index contributed by atoms with van der Waals surface area (Å²) in [7, 11) is -3.50. The number of nitrogens with one attached hydrogen (secondary N) is 1. The van der Waals surface area contributed by atoms with Crippen LogP contribution in [-0.4, -0.2) is 15.0 Å². The summed E-state index contributed by atoms with van der Waals surface area (Å²) in [6.45, 7) is 6.11. The van der Waals surface area contributed by atoms with E-state index in [0.29, 0.717) is 17.8 Å². The molecule has 5 heteroatoms. The number of rotatable bonds is 6. The lowest BCUT2D eigenvalue weighted by molar-refractivity contribution is 0.575. The number of hydrogen-bond acceptors (Lipinski definition) is 3. The van der Waals surface area contributed by atoms with Crippen LogP contribution in [0.3, 0.4) is 0 Å². The Hall–Kier alpha value is -1.07. The summed E-state index contributed by atoms with van der Waals surface area (Å²) in [5, 5.41) is 0. The predicted octanol–water partition coefficient (Wildman–Crippen LogP) is 2.35. The Morgan fingerprint density at radius 3 is 2.39 bits per heavy atom. The normalized spacial score (nSPS) is 11.7. The monoisotopic (exact) mass is 270 g/mol. The van der Waals surface area contributed by atoms with E-state index in [9.17, 15) is 8.42 Å². The number of hydrogen-bond donors (Lipinski definition) is 2. The Bertz CT molecular complexity index is 510. The van der Waals surface area contributed by atoms with Gasteiger partial charge in [0.25, 0.3) is 0 Å². The Balaban J connectivity index is 2.95. The second-order valence-electron chi connectivity index (χ2n) is 4.55. The quantitative estimate of drug-likeness (QED) is 0.615. The lowest BCUT2D eigenvalue weighted by atomic mass is 10.1. The molecule has 0 aliphatic rings. The van der Waals surface area contributed by atoms with Crippen molar-refractivity contribution in [3.63, 3.8) is 0 Å². The third-order valence-electron chi connectivity index (χ3n) is 2.95. The zero-order valence-electron chi connectivity index (χ0n) is 11.3. The number of aryl methyl sites for hydroxylation is 2. The summed E-state index contributed by atoms with van der Waals surface area (Å²) in [6.07, 6.45) is 2.93. The van der Waals surface area contributed by atoms with Crippen LogP contribution in [0.2, 0.25) is 0 Å². The van der Waals surface area contributed by atoms with E-state index in [0.717, 1.165) is 24.8 Å². The van der Waals surface area contributed by atoms with Crippen molar-refractivity contribution in [2.24, 2.45) is 0 Å². The molecule has 0 bridgehead atoms. The van der Waals surface area contributed by atoms with Gasteiger partial charge in [-0.05, 0) is 31.4 Å². The molecule has 1 aromatic rings. The van der Waals surface area contributed by atoms with E-state index in [1.54, 1.807) is 13.0 Å². The molecule has 0 amide bonds. The highest BCUT2D eigenvalue weighted by Gasteiger charge is 2.20. The van der Waals surface area contributed by atoms with Gasteiger partial charge in [0.1, 0.15) is 4.90 Å². The van der Waals surface area contributed by atoms with Crippen molar-refractivity contribution in [1.82, 2.24) is 4.72 Å². The van der Waals surface area contributed by atoms with E-state index in [-0.39, 0.29) is 4.90 Å². The van der Waals surface area contributed by atoms with Gasteiger partial charge in [0.2, 0.25) is 10.0 Å². The topological polar surface area (TPSA) is 72.2 Å². The third-order valence-corrected chi connectivity index (χ3v) is 4.62. The van der Waals surface area contributed by atoms with Crippen molar-refractivity contribution < 1.29 is 8.42 Å². The molecule has 0 fully saturated rings. The van der Waals surface area contributed by atoms with E-state index in [2.05, 4.69) is 11.6 Å². The summed E-state index contributed by atoms with van der Waals surface area (Å²) in [4.78, 5) is 0.221. The molecule has 4 nitrogen and oxygen atoms in total. The molecule has 0 saturated heterocycles. The van der Waals surface area contributed by atoms with Crippen molar-refractivity contribution >= 4 is 15.7 Å². The molecule has 102 valence electrons. The van der Waals surface area contributed by atoms with Crippen LogP contribution < -0.4 is 10.5 Å². The first-order valence-electron chi connectivity index (χ1n) is 6.25. The van der Waals surface area contributed by atoms with Crippen LogP contribution in [0.4, 0.5) is 5.69 Å². The molecule has 0 unspecified atom stereocenters. The fourth-order valence-electron chi connectivity index (χ4n) is 1.82. The van der Waals surface area contributed by atoms with Crippen molar-refractivity contribution in [3.05, 3.63) is 23.3 Å². The van der Waals surface area contributed by atoms with Crippen LogP contribution in [0.25, 0.3) is 0 Å². The molecule has 0 atom stereocenters. The molecule has 0 aliphatic carbocycles. The van der Waals surface area contributed by atoms with Crippen LogP contribution in [-0.2, 0) is 10.0 Å². The summed E-state index contributed by atoms with van der Waals surface area (Å²) >= 11 is 0. The zero-order chi connectivity index (χ0) is 13.8. The molecule has 1 aromatic carbocycles. The van der Waals surface area contributed by atoms with Crippen LogP contribution in [0.15, 0.2) is 17.0 Å². The van der Waals surface area contributed by atoms with Gasteiger partial charge in [0, 0.05) is 6.54 Å². The molecule has 1 rings (SSSR count). The minimum absolute atomic E-state index is 0.221. The number of unbranched alkanes of at least 4 members (excludes halogenated alkanes) is 2. The minimum atomic E-state index is -3.50. The maximum atomic E-state index is 12.2. The third kappa shape index (κ3) is 3.46. The first kappa shape index (κ1) is 15.0. The van der Waals surface area contributed by atoms with Crippen LogP contribution in [0.1, 0.15) is 37.3 Å². The number of nitrogen functional groups attached to an aromatic ring is 1. The van der Waals surface area contributed by atoms with Gasteiger partial charge in [0.15, 0.2) is 0 Å². The predicted molar refractivity (Wildman–Crippen MR) is 75.0 cm³/mol. The molecule has 0 spiro atoms. The van der Waals surface area contributed by atoms with E-state index < -0.39 is 10.0 Å². The van der Waals surface area contributed by atoms with E-state index in [4.69, 9.17) is 5.73 Å². The van der Waals surface area contributed by atoms with Gasteiger partial charge in [-0.25, -0.2) is 13.1 Å². The molecule has 18 heavy (non-hydrogen) atoms. The lowest BCUT2D eigenvalue weighted by Gasteiger charge is -2.13. The second kappa shape index (κ2) is 6.20. The molecule has 0 radical (unpaired) electrons.